The summed E-state index contributed by atoms with van der Waals surface area (Å²) < 4.78 is 0. The van der Waals surface area contributed by atoms with E-state index < -0.39 is 5.97 Å². The predicted octanol–water partition coefficient (Wildman–Crippen LogP) is 3.50. The minimum Gasteiger partial charge on any atom is -0.481 e. The fourth-order valence-corrected chi connectivity index (χ4v) is 2.33. The molecule has 0 unspecified atom stereocenters. The molecule has 1 N–H and O–H groups in total. The first-order valence-electron chi connectivity index (χ1n) is 5.22. The van der Waals surface area contributed by atoms with Crippen LogP contribution in [0.1, 0.15) is 30.1 Å². The number of aliphatic carboxylic acids is 1. The van der Waals surface area contributed by atoms with Gasteiger partial charge >= 0.3 is 5.97 Å². The zero-order valence-corrected chi connectivity index (χ0v) is 11.0. The number of ketones is 1. The lowest BCUT2D eigenvalue weighted by atomic mass is 10.1. The van der Waals surface area contributed by atoms with Crippen LogP contribution in [0, 0.1) is 0 Å². The number of hydrogen-bond donors (Lipinski definition) is 1. The molecule has 0 aliphatic carbocycles. The van der Waals surface area contributed by atoms with Crippen molar-refractivity contribution in [3.8, 4) is 0 Å². The highest BCUT2D eigenvalue weighted by Gasteiger charge is 2.13. The highest BCUT2D eigenvalue weighted by atomic mass is 35.5. The molecule has 0 saturated carbocycles. The summed E-state index contributed by atoms with van der Waals surface area (Å²) in [5, 5.41) is 9.04. The van der Waals surface area contributed by atoms with Crippen molar-refractivity contribution in [2.45, 2.75) is 24.7 Å². The van der Waals surface area contributed by atoms with Gasteiger partial charge in [-0.05, 0) is 24.0 Å². The van der Waals surface area contributed by atoms with E-state index in [1.54, 1.807) is 30.0 Å². The van der Waals surface area contributed by atoms with Gasteiger partial charge in [0, 0.05) is 21.9 Å². The quantitative estimate of drug-likeness (QED) is 0.636. The Balaban J connectivity index is 2.89. The summed E-state index contributed by atoms with van der Waals surface area (Å²) in [6, 6.07) is 5.13. The third-order valence-electron chi connectivity index (χ3n) is 2.11. The second kappa shape index (κ2) is 6.67. The number of carbonyl (C=O) groups excluding carboxylic acids is 1. The maximum absolute atomic E-state index is 11.9. The molecule has 0 aliphatic rings. The van der Waals surface area contributed by atoms with Gasteiger partial charge in [-0.15, -0.1) is 11.8 Å². The lowest BCUT2D eigenvalue weighted by Crippen LogP contribution is -2.05. The largest absolute Gasteiger partial charge is 0.481 e. The molecule has 0 saturated heterocycles. The van der Waals surface area contributed by atoms with E-state index in [1.165, 1.54) is 0 Å². The highest BCUT2D eigenvalue weighted by Crippen LogP contribution is 2.26. The summed E-state index contributed by atoms with van der Waals surface area (Å²) in [4.78, 5) is 23.1. The van der Waals surface area contributed by atoms with E-state index in [0.29, 0.717) is 10.6 Å². The first kappa shape index (κ1) is 14.1. The van der Waals surface area contributed by atoms with Crippen molar-refractivity contribution >= 4 is 35.1 Å². The van der Waals surface area contributed by atoms with Crippen molar-refractivity contribution in [3.05, 3.63) is 28.8 Å². The fourth-order valence-electron chi connectivity index (χ4n) is 1.36. The maximum Gasteiger partial charge on any atom is 0.303 e. The number of rotatable bonds is 6. The molecule has 1 aromatic rings. The molecule has 0 aliphatic heterocycles. The van der Waals surface area contributed by atoms with Gasteiger partial charge in [0.15, 0.2) is 5.78 Å². The maximum atomic E-state index is 11.9. The lowest BCUT2D eigenvalue weighted by molar-refractivity contribution is -0.136. The Morgan fingerprint density at radius 1 is 1.35 bits per heavy atom. The summed E-state index contributed by atoms with van der Waals surface area (Å²) in [7, 11) is 0. The molecular formula is C12H13ClO3S. The Hall–Kier alpha value is -1.00. The SMILES string of the molecule is CCSc1ccc(Cl)cc1C(=O)CCC(=O)O. The summed E-state index contributed by atoms with van der Waals surface area (Å²) >= 11 is 7.39. The van der Waals surface area contributed by atoms with Gasteiger partial charge in [-0.3, -0.25) is 9.59 Å². The van der Waals surface area contributed by atoms with E-state index in [2.05, 4.69) is 0 Å². The fraction of sp³-hybridized carbons (Fsp3) is 0.333. The molecule has 1 rings (SSSR count). The second-order valence-electron chi connectivity index (χ2n) is 3.39. The Morgan fingerprint density at radius 3 is 2.65 bits per heavy atom. The van der Waals surface area contributed by atoms with E-state index in [1.807, 2.05) is 6.92 Å². The van der Waals surface area contributed by atoms with Crippen LogP contribution in [-0.4, -0.2) is 22.6 Å². The summed E-state index contributed by atoms with van der Waals surface area (Å²) in [6.07, 6.45) is -0.144. The Labute approximate surface area is 109 Å². The van der Waals surface area contributed by atoms with Gasteiger partial charge in [0.25, 0.3) is 0 Å². The molecule has 92 valence electrons. The summed E-state index contributed by atoms with van der Waals surface area (Å²) in [5.74, 6) is -0.295. The Morgan fingerprint density at radius 2 is 2.06 bits per heavy atom. The first-order chi connectivity index (χ1) is 8.04. The molecule has 17 heavy (non-hydrogen) atoms. The van der Waals surface area contributed by atoms with Crippen molar-refractivity contribution in [3.63, 3.8) is 0 Å². The standard InChI is InChI=1S/C12H13ClO3S/c1-2-17-11-5-3-8(13)7-9(11)10(14)4-6-12(15)16/h3,5,7H,2,4,6H2,1H3,(H,15,16). The smallest absolute Gasteiger partial charge is 0.303 e. The molecule has 3 nitrogen and oxygen atoms in total. The number of thioether (sulfide) groups is 1. The van der Waals surface area contributed by atoms with Gasteiger partial charge < -0.3 is 5.11 Å². The predicted molar refractivity (Wildman–Crippen MR) is 69.1 cm³/mol. The highest BCUT2D eigenvalue weighted by molar-refractivity contribution is 7.99. The molecular weight excluding hydrogens is 260 g/mol. The number of halogens is 1. The van der Waals surface area contributed by atoms with Crippen molar-refractivity contribution in [2.24, 2.45) is 0 Å². The minimum absolute atomic E-state index is 0.00689. The zero-order valence-electron chi connectivity index (χ0n) is 9.40. The summed E-state index contributed by atoms with van der Waals surface area (Å²) in [5.41, 5.74) is 0.519. The summed E-state index contributed by atoms with van der Waals surface area (Å²) in [6.45, 7) is 1.99. The van der Waals surface area contributed by atoms with Crippen LogP contribution in [-0.2, 0) is 4.79 Å². The number of Topliss-reactive ketones (excluding diaryl/α,β-unsaturated/α-hetero) is 1. The average molecular weight is 273 g/mol. The van der Waals surface area contributed by atoms with Gasteiger partial charge in [0.2, 0.25) is 0 Å². The minimum atomic E-state index is -0.968. The molecule has 0 atom stereocenters. The van der Waals surface area contributed by atoms with Crippen LogP contribution in [0.3, 0.4) is 0 Å². The third-order valence-corrected chi connectivity index (χ3v) is 3.30. The van der Waals surface area contributed by atoms with Crippen LogP contribution in [0.2, 0.25) is 5.02 Å². The molecule has 5 heteroatoms. The van der Waals surface area contributed by atoms with Gasteiger partial charge in [0.1, 0.15) is 0 Å². The molecule has 1 aromatic carbocycles. The number of benzene rings is 1. The molecule has 0 radical (unpaired) electrons. The molecule has 0 bridgehead atoms. The van der Waals surface area contributed by atoms with Crippen LogP contribution in [0.4, 0.5) is 0 Å². The topological polar surface area (TPSA) is 54.4 Å². The van der Waals surface area contributed by atoms with Crippen LogP contribution < -0.4 is 0 Å². The van der Waals surface area contributed by atoms with E-state index in [9.17, 15) is 9.59 Å². The number of carbonyl (C=O) groups is 2. The lowest BCUT2D eigenvalue weighted by Gasteiger charge is -2.07. The van der Waals surface area contributed by atoms with Gasteiger partial charge in [-0.1, -0.05) is 18.5 Å². The molecule has 0 heterocycles. The van der Waals surface area contributed by atoms with E-state index in [0.717, 1.165) is 10.6 Å². The number of hydrogen-bond acceptors (Lipinski definition) is 3. The normalized spacial score (nSPS) is 10.2. The second-order valence-corrected chi connectivity index (χ2v) is 5.13. The number of carboxylic acid groups (broad SMARTS) is 1. The monoisotopic (exact) mass is 272 g/mol. The van der Waals surface area contributed by atoms with Gasteiger partial charge in [-0.2, -0.15) is 0 Å². The van der Waals surface area contributed by atoms with E-state index >= 15 is 0 Å². The van der Waals surface area contributed by atoms with Crippen LogP contribution in [0.15, 0.2) is 23.1 Å². The first-order valence-corrected chi connectivity index (χ1v) is 6.58. The number of carboxylic acids is 1. The molecule has 0 spiro atoms. The third kappa shape index (κ3) is 4.40. The van der Waals surface area contributed by atoms with Crippen LogP contribution in [0.5, 0.6) is 0 Å². The molecule has 0 amide bonds. The Kier molecular flexibility index (Phi) is 5.51. The van der Waals surface area contributed by atoms with Gasteiger partial charge in [0.05, 0.1) is 6.42 Å². The van der Waals surface area contributed by atoms with Crippen molar-refractivity contribution in [1.82, 2.24) is 0 Å². The van der Waals surface area contributed by atoms with E-state index in [4.69, 9.17) is 16.7 Å². The Bertz CT molecular complexity index is 432. The van der Waals surface area contributed by atoms with E-state index in [-0.39, 0.29) is 18.6 Å². The molecule has 0 aromatic heterocycles. The van der Waals surface area contributed by atoms with Crippen LogP contribution in [0.25, 0.3) is 0 Å². The van der Waals surface area contributed by atoms with Crippen molar-refractivity contribution < 1.29 is 14.7 Å². The zero-order chi connectivity index (χ0) is 12.8. The van der Waals surface area contributed by atoms with Gasteiger partial charge in [-0.25, -0.2) is 0 Å². The average Bonchev–Trinajstić information content (AvgIpc) is 2.28. The van der Waals surface area contributed by atoms with Crippen molar-refractivity contribution in [1.29, 1.82) is 0 Å². The molecule has 0 fully saturated rings. The van der Waals surface area contributed by atoms with Crippen LogP contribution >= 0.6 is 23.4 Å². The van der Waals surface area contributed by atoms with Crippen molar-refractivity contribution in [2.75, 3.05) is 5.75 Å².